The molecule has 12 nitrogen and oxygen atoms in total. The lowest BCUT2D eigenvalue weighted by molar-refractivity contribution is -0.220. The van der Waals surface area contributed by atoms with Crippen LogP contribution in [0.2, 0.25) is 0 Å². The summed E-state index contributed by atoms with van der Waals surface area (Å²) in [7, 11) is -5.03. The first-order valence-electron chi connectivity index (χ1n) is 24.8. The molecule has 0 aliphatic heterocycles. The van der Waals surface area contributed by atoms with Gasteiger partial charge in [0.15, 0.2) is 0 Å². The van der Waals surface area contributed by atoms with Crippen molar-refractivity contribution in [2.75, 3.05) is 19.8 Å². The smallest absolute Gasteiger partial charge is 0.457 e. The molecule has 1 aliphatic rings. The molecule has 0 heterocycles. The zero-order chi connectivity index (χ0) is 46.9. The van der Waals surface area contributed by atoms with Gasteiger partial charge in [0.05, 0.1) is 13.2 Å². The lowest BCUT2D eigenvalue weighted by atomic mass is 9.85. The molecule has 0 bridgehead atoms. The van der Waals surface area contributed by atoms with Gasteiger partial charge in [-0.2, -0.15) is 0 Å². The summed E-state index contributed by atoms with van der Waals surface area (Å²) in [4.78, 5) is 23.2. The maximum absolute atomic E-state index is 12.8. The van der Waals surface area contributed by atoms with Crippen molar-refractivity contribution in [3.63, 3.8) is 0 Å². The van der Waals surface area contributed by atoms with Gasteiger partial charge in [0.2, 0.25) is 0 Å². The molecule has 6 atom stereocenters. The minimum absolute atomic E-state index is 0.0945. The number of esters is 1. The average Bonchev–Trinajstić information content (AvgIpc) is 3.28. The van der Waals surface area contributed by atoms with Gasteiger partial charge in [0, 0.05) is 13.0 Å². The normalized spacial score (nSPS) is 22.3. The lowest BCUT2D eigenvalue weighted by Gasteiger charge is -2.41. The maximum atomic E-state index is 12.8. The Morgan fingerprint density at radius 1 is 0.516 bits per heavy atom. The molecule has 0 amide bonds. The van der Waals surface area contributed by atoms with Gasteiger partial charge in [0.25, 0.3) is 0 Å². The minimum Gasteiger partial charge on any atom is -0.457 e. The molecule has 6 unspecified atom stereocenters. The third kappa shape index (κ3) is 32.5. The van der Waals surface area contributed by atoms with Crippen molar-refractivity contribution in [2.45, 2.75) is 224 Å². The third-order valence-electron chi connectivity index (χ3n) is 11.1. The zero-order valence-corrected chi connectivity index (χ0v) is 40.5. The van der Waals surface area contributed by atoms with Crippen LogP contribution in [0.5, 0.6) is 0 Å². The van der Waals surface area contributed by atoms with Crippen LogP contribution in [0.3, 0.4) is 0 Å². The number of rotatable bonds is 41. The molecule has 0 aromatic rings. The predicted octanol–water partition coefficient (Wildman–Crippen LogP) is 10.8. The summed E-state index contributed by atoms with van der Waals surface area (Å²) in [5.41, 5.74) is 0. The molecule has 0 spiro atoms. The highest BCUT2D eigenvalue weighted by Crippen LogP contribution is 2.47. The molecule has 1 fully saturated rings. The van der Waals surface area contributed by atoms with Gasteiger partial charge < -0.3 is 39.9 Å². The van der Waals surface area contributed by atoms with Crippen LogP contribution in [0.25, 0.3) is 0 Å². The molecule has 1 saturated carbocycles. The topological polar surface area (TPSA) is 192 Å². The Morgan fingerprint density at radius 2 is 0.922 bits per heavy atom. The van der Waals surface area contributed by atoms with E-state index in [2.05, 4.69) is 86.8 Å². The van der Waals surface area contributed by atoms with Gasteiger partial charge >= 0.3 is 13.8 Å². The number of phosphoric ester groups is 1. The highest BCUT2D eigenvalue weighted by Gasteiger charge is 2.51. The quantitative estimate of drug-likeness (QED) is 0.0147. The average molecular weight is 925 g/mol. The summed E-state index contributed by atoms with van der Waals surface area (Å²) in [5.74, 6) is -0.491. The summed E-state index contributed by atoms with van der Waals surface area (Å²) < 4.78 is 34.2. The van der Waals surface area contributed by atoms with E-state index >= 15 is 0 Å². The first-order valence-corrected chi connectivity index (χ1v) is 26.3. The van der Waals surface area contributed by atoms with Crippen molar-refractivity contribution < 1.29 is 58.3 Å². The van der Waals surface area contributed by atoms with Crippen LogP contribution in [0, 0.1) is 0 Å². The summed E-state index contributed by atoms with van der Waals surface area (Å²) in [6.07, 6.45) is 41.0. The van der Waals surface area contributed by atoms with Crippen molar-refractivity contribution in [2.24, 2.45) is 0 Å². The van der Waals surface area contributed by atoms with Crippen LogP contribution in [0.1, 0.15) is 181 Å². The van der Waals surface area contributed by atoms with Gasteiger partial charge in [-0.25, -0.2) is 4.57 Å². The minimum atomic E-state index is -5.03. The van der Waals surface area contributed by atoms with Gasteiger partial charge in [-0.15, -0.1) is 0 Å². The van der Waals surface area contributed by atoms with Gasteiger partial charge in [0.1, 0.15) is 42.7 Å². The number of aliphatic hydroxyl groups excluding tert-OH is 5. The summed E-state index contributed by atoms with van der Waals surface area (Å²) in [6, 6.07) is 0. The first kappa shape index (κ1) is 59.8. The molecule has 1 rings (SSSR count). The largest absolute Gasteiger partial charge is 0.472 e. The van der Waals surface area contributed by atoms with E-state index in [1.807, 2.05) is 0 Å². The molecular weight excluding hydrogens is 836 g/mol. The third-order valence-corrected chi connectivity index (χ3v) is 12.0. The second-order valence-corrected chi connectivity index (χ2v) is 18.3. The molecule has 0 aromatic heterocycles. The van der Waals surface area contributed by atoms with E-state index in [1.54, 1.807) is 0 Å². The van der Waals surface area contributed by atoms with E-state index in [0.717, 1.165) is 96.3 Å². The number of hydrogen-bond donors (Lipinski definition) is 6. The standard InChI is InChI=1S/C51H89O12P/c1-3-5-7-9-11-13-15-17-19-21-23-24-26-28-30-32-34-36-38-40-45(52)62-44(43-61-64(58,59)63-51-49(56)47(54)46(53)48(55)50(51)57)42-60-41-39-37-35-33-31-29-27-25-22-20-18-16-14-12-10-8-6-4-2/h6,8,11-14,17-20,25,27,44,46-51,53-57H,3-5,7,9-10,15-16,21-24,26,28-43H2,1-2H3,(H,58,59)/b8-6-,13-11-,14-12-,19-17-,20-18-,27-25-. The Labute approximate surface area is 387 Å². The Hall–Kier alpha value is -2.22. The highest BCUT2D eigenvalue weighted by atomic mass is 31.2. The molecule has 64 heavy (non-hydrogen) atoms. The molecule has 0 saturated heterocycles. The summed E-state index contributed by atoms with van der Waals surface area (Å²) in [6.45, 7) is 4.08. The van der Waals surface area contributed by atoms with E-state index < -0.39 is 63.1 Å². The van der Waals surface area contributed by atoms with E-state index in [4.69, 9.17) is 18.5 Å². The van der Waals surface area contributed by atoms with Crippen LogP contribution < -0.4 is 0 Å². The Morgan fingerprint density at radius 3 is 1.41 bits per heavy atom. The molecule has 6 N–H and O–H groups in total. The fourth-order valence-electron chi connectivity index (χ4n) is 7.14. The Balaban J connectivity index is 2.38. The Kier molecular flexibility index (Phi) is 38.3. The second kappa shape index (κ2) is 41.0. The molecule has 370 valence electrons. The molecule has 0 radical (unpaired) electrons. The number of carbonyl (C=O) groups excluding carboxylic acids is 1. The second-order valence-electron chi connectivity index (χ2n) is 16.9. The highest BCUT2D eigenvalue weighted by molar-refractivity contribution is 7.47. The monoisotopic (exact) mass is 925 g/mol. The number of phosphoric acid groups is 1. The van der Waals surface area contributed by atoms with Crippen LogP contribution in [-0.2, 0) is 27.9 Å². The number of ether oxygens (including phenoxy) is 2. The molecular formula is C51H89O12P. The van der Waals surface area contributed by atoms with E-state index in [0.29, 0.717) is 13.0 Å². The van der Waals surface area contributed by atoms with Crippen LogP contribution in [-0.4, -0.2) is 98.9 Å². The molecule has 0 aromatic carbocycles. The van der Waals surface area contributed by atoms with Crippen molar-refractivity contribution in [1.82, 2.24) is 0 Å². The van der Waals surface area contributed by atoms with E-state index in [1.165, 1.54) is 57.8 Å². The summed E-state index contributed by atoms with van der Waals surface area (Å²) in [5, 5.41) is 50.3. The van der Waals surface area contributed by atoms with Crippen molar-refractivity contribution in [3.8, 4) is 0 Å². The zero-order valence-electron chi connectivity index (χ0n) is 39.6. The van der Waals surface area contributed by atoms with E-state index in [-0.39, 0.29) is 13.0 Å². The lowest BCUT2D eigenvalue weighted by Crippen LogP contribution is -2.64. The van der Waals surface area contributed by atoms with Gasteiger partial charge in [-0.3, -0.25) is 13.8 Å². The van der Waals surface area contributed by atoms with Crippen molar-refractivity contribution in [1.29, 1.82) is 0 Å². The molecule has 1 aliphatic carbocycles. The van der Waals surface area contributed by atoms with Crippen molar-refractivity contribution in [3.05, 3.63) is 72.9 Å². The number of hydrogen-bond acceptors (Lipinski definition) is 11. The van der Waals surface area contributed by atoms with E-state index in [9.17, 15) is 39.8 Å². The maximum Gasteiger partial charge on any atom is 0.472 e. The SMILES string of the molecule is CC/C=C\C/C=C\C/C=C\C/C=C\CCCCCCCOCC(COP(=O)(O)OC1C(O)C(O)C(O)C(O)C1O)OC(=O)CCCCCCCCCCC/C=C\C/C=C\CCCCC. The predicted molar refractivity (Wildman–Crippen MR) is 258 cm³/mol. The fraction of sp³-hybridized carbons (Fsp3) is 0.745. The van der Waals surface area contributed by atoms with Crippen molar-refractivity contribution >= 4 is 13.8 Å². The van der Waals surface area contributed by atoms with Crippen LogP contribution in [0.15, 0.2) is 72.9 Å². The number of allylic oxidation sites excluding steroid dienone is 12. The number of aliphatic hydroxyl groups is 5. The van der Waals surface area contributed by atoms with Gasteiger partial charge in [-0.1, -0.05) is 164 Å². The Bertz CT molecular complexity index is 1330. The molecule has 13 heteroatoms. The summed E-state index contributed by atoms with van der Waals surface area (Å²) >= 11 is 0. The van der Waals surface area contributed by atoms with Crippen LogP contribution >= 0.6 is 7.82 Å². The number of unbranched alkanes of at least 4 members (excludes halogenated alkanes) is 17. The van der Waals surface area contributed by atoms with Gasteiger partial charge in [-0.05, 0) is 83.5 Å². The number of carbonyl (C=O) groups is 1. The van der Waals surface area contributed by atoms with Crippen LogP contribution in [0.4, 0.5) is 0 Å². The fourth-order valence-corrected chi connectivity index (χ4v) is 8.11. The first-order chi connectivity index (χ1) is 31.0.